The summed E-state index contributed by atoms with van der Waals surface area (Å²) in [4.78, 5) is 13.0. The first-order chi connectivity index (χ1) is 52.0. The van der Waals surface area contributed by atoms with Crippen LogP contribution in [0.3, 0.4) is 0 Å². The Morgan fingerprint density at radius 3 is 0.538 bits per heavy atom. The third-order valence-corrected chi connectivity index (χ3v) is 76.4. The summed E-state index contributed by atoms with van der Waals surface area (Å²) in [5, 5.41) is 14.3. The van der Waals surface area contributed by atoms with Crippen LogP contribution in [0.4, 0.5) is 0 Å². The molecule has 47 heteroatoms. The molecule has 1 aromatic heterocycles. The molecule has 0 saturated carbocycles. The summed E-state index contributed by atoms with van der Waals surface area (Å²) in [7, 11) is 0. The van der Waals surface area contributed by atoms with Gasteiger partial charge in [-0.3, -0.25) is 4.79 Å². The molecule has 0 bridgehead atoms. The maximum Gasteiger partial charge on any atom is 0.289 e. The van der Waals surface area contributed by atoms with Gasteiger partial charge in [-0.1, -0.05) is 305 Å². The standard InChI is InChI=1S/C59H54OS46/c1-61-33-34(62-2)94-53(93-33)47-81-21-27(87-47)69-9-15-75-41-42(76-16-10-70-28-22-82-48(88-28)54-95-35(63-3)36(64-4)96-54)102-57(101-41)51-85-25-31(91-51)73-13-19-79-45-46(106-59(60)105-45)80-20-14-74-32-26-86-52(92-32)58-103-43(77-17-11-71-29-23-83-49(89-29)55-97-37(65-5)38(66-6)98-55)44(104-58)78-18-12-72-30-24-84-50(90-30)56-99-39(67-7)40(68-8)100-56/h21-26H,9-20H2,1-8H3. The predicted molar refractivity (Wildman–Crippen MR) is 598 cm³/mol. The predicted octanol–water partition coefficient (Wildman–Crippen LogP) is 37.7. The summed E-state index contributed by atoms with van der Waals surface area (Å²) in [5.74, 6) is 12.7. The van der Waals surface area contributed by atoms with Crippen molar-refractivity contribution >= 4 is 540 Å². The first-order valence-electron chi connectivity index (χ1n) is 29.8. The average molecular weight is 2250 g/mol. The highest BCUT2D eigenvalue weighted by atomic mass is 32.3. The Morgan fingerprint density at radius 1 is 0.198 bits per heavy atom. The molecule has 0 saturated heterocycles. The van der Waals surface area contributed by atoms with Crippen LogP contribution in [0.1, 0.15) is 0 Å². The van der Waals surface area contributed by atoms with E-state index in [1.54, 1.807) is 0 Å². The van der Waals surface area contributed by atoms with Gasteiger partial charge in [-0.25, -0.2) is 0 Å². The third-order valence-electron chi connectivity index (χ3n) is 12.3. The van der Waals surface area contributed by atoms with Gasteiger partial charge >= 0.3 is 0 Å². The smallest absolute Gasteiger partial charge is 0.265 e. The van der Waals surface area contributed by atoms with E-state index in [2.05, 4.69) is 130 Å². The Bertz CT molecular complexity index is 3650. The van der Waals surface area contributed by atoms with Gasteiger partial charge in [0.25, 0.3) is 4.06 Å². The molecule has 0 atom stereocenters. The minimum absolute atomic E-state index is 0.208. The second kappa shape index (κ2) is 50.4. The zero-order chi connectivity index (χ0) is 73.3. The molecule has 13 rings (SSSR count). The van der Waals surface area contributed by atoms with Crippen LogP contribution < -0.4 is 4.06 Å². The second-order valence-corrected chi connectivity index (χ2v) is 73.2. The summed E-state index contributed by atoms with van der Waals surface area (Å²) in [5.41, 5.74) is 0. The monoisotopic (exact) mass is 2250 g/mol. The quantitative estimate of drug-likeness (QED) is 0.0462. The molecular weight excluding hydrogens is 2200 g/mol. The normalized spacial score (nSPS) is 21.1. The van der Waals surface area contributed by atoms with Crippen molar-refractivity contribution in [3.05, 3.63) is 168 Å². The van der Waals surface area contributed by atoms with E-state index in [0.717, 1.165) is 69.0 Å². The van der Waals surface area contributed by atoms with E-state index in [-0.39, 0.29) is 4.06 Å². The molecule has 0 aliphatic carbocycles. The number of rotatable bonds is 38. The Kier molecular flexibility index (Phi) is 44.7. The van der Waals surface area contributed by atoms with E-state index in [1.807, 2.05) is 470 Å². The highest BCUT2D eigenvalue weighted by Crippen LogP contribution is 2.70. The lowest BCUT2D eigenvalue weighted by Crippen LogP contribution is -1.86. The van der Waals surface area contributed by atoms with Crippen molar-refractivity contribution in [2.75, 3.05) is 119 Å². The zero-order valence-corrected chi connectivity index (χ0v) is 93.2. The van der Waals surface area contributed by atoms with Gasteiger partial charge in [-0.15, -0.1) is 235 Å². The van der Waals surface area contributed by atoms with Crippen LogP contribution in [0.5, 0.6) is 0 Å². The summed E-state index contributed by atoms with van der Waals surface area (Å²) in [6.07, 6.45) is 17.6. The molecule has 0 aromatic carbocycles. The van der Waals surface area contributed by atoms with Crippen LogP contribution in [0, 0.1) is 0 Å². The molecule has 0 spiro atoms. The van der Waals surface area contributed by atoms with Gasteiger partial charge < -0.3 is 0 Å². The minimum Gasteiger partial charge on any atom is -0.265 e. The van der Waals surface area contributed by atoms with Crippen molar-refractivity contribution in [1.29, 1.82) is 0 Å². The van der Waals surface area contributed by atoms with Gasteiger partial charge in [-0.2, -0.15) is 0 Å². The van der Waals surface area contributed by atoms with E-state index in [4.69, 9.17) is 0 Å². The van der Waals surface area contributed by atoms with E-state index in [1.165, 1.54) is 158 Å². The summed E-state index contributed by atoms with van der Waals surface area (Å²) < 4.78 is 45.9. The largest absolute Gasteiger partial charge is 0.289 e. The maximum atomic E-state index is 13.0. The van der Waals surface area contributed by atoms with Gasteiger partial charge in [0.15, 0.2) is 0 Å². The fourth-order valence-corrected chi connectivity index (χ4v) is 69.5. The van der Waals surface area contributed by atoms with Crippen molar-refractivity contribution in [2.24, 2.45) is 0 Å². The van der Waals surface area contributed by atoms with Crippen molar-refractivity contribution in [3.8, 4) is 0 Å². The van der Waals surface area contributed by atoms with Gasteiger partial charge in [0.05, 0.1) is 136 Å². The molecule has 12 aliphatic rings. The van der Waals surface area contributed by atoms with Gasteiger partial charge in [-0.05, 0) is 82.5 Å². The molecule has 12 aliphatic heterocycles. The SMILES string of the molecule is CSC1=C(SC)SC(=C2SC=C(SCCSC3=C(SCCSC4=CSC(=C5SC(SC)=C(SC)S5)S4)SC(=C4SC=C(SCCSc5sc(=O)sc5SCCSC5=CSC(=C6SC(SCCSC7=CSC(=C8SC(SC)=C(SC)S8)S7)=C(SCCSC7=CSC(=C8SC(SC)=C(SC)S8)S7)S6)S5)S4)S3)S2)S1. The molecule has 1 nitrogen and oxygen atoms in total. The highest BCUT2D eigenvalue weighted by molar-refractivity contribution is 8.49. The van der Waals surface area contributed by atoms with Crippen molar-refractivity contribution < 1.29 is 0 Å². The Hall–Kier alpha value is 10.6. The Labute approximate surface area is 820 Å². The first-order valence-corrected chi connectivity index (χ1v) is 73.0. The van der Waals surface area contributed by atoms with Crippen LogP contribution in [-0.4, -0.2) is 119 Å². The number of hydrogen-bond donors (Lipinski definition) is 0. The molecule has 13 heterocycles. The summed E-state index contributed by atoms with van der Waals surface area (Å²) in [6, 6.07) is 0. The van der Waals surface area contributed by atoms with Crippen molar-refractivity contribution in [1.82, 2.24) is 0 Å². The molecule has 106 heavy (non-hydrogen) atoms. The van der Waals surface area contributed by atoms with E-state index < -0.39 is 0 Å². The molecule has 0 radical (unpaired) electrons. The topological polar surface area (TPSA) is 17.1 Å². The molecule has 0 amide bonds. The van der Waals surface area contributed by atoms with Crippen molar-refractivity contribution in [3.63, 3.8) is 0 Å². The first kappa shape index (κ1) is 94.2. The Morgan fingerprint density at radius 2 is 0.358 bits per heavy atom. The zero-order valence-electron chi connectivity index (χ0n) is 55.6. The molecule has 0 unspecified atom stereocenters. The van der Waals surface area contributed by atoms with E-state index >= 15 is 0 Å². The fraction of sp³-hybridized carbons (Fsp3) is 0.339. The lowest BCUT2D eigenvalue weighted by atomic mass is 11.0. The number of thioether (sulfide) groups is 44. The van der Waals surface area contributed by atoms with E-state index in [0.29, 0.717) is 0 Å². The second-order valence-electron chi connectivity index (χ2n) is 18.9. The summed E-state index contributed by atoms with van der Waals surface area (Å²) in [6.45, 7) is 0. The van der Waals surface area contributed by atoms with Crippen LogP contribution in [0.2, 0.25) is 0 Å². The van der Waals surface area contributed by atoms with Gasteiger partial charge in [0.2, 0.25) is 0 Å². The van der Waals surface area contributed by atoms with Crippen LogP contribution in [0.25, 0.3) is 0 Å². The van der Waals surface area contributed by atoms with Crippen LogP contribution in [0.15, 0.2) is 173 Å². The van der Waals surface area contributed by atoms with Crippen LogP contribution >= 0.6 is 540 Å². The summed E-state index contributed by atoms with van der Waals surface area (Å²) >= 11 is 88.9. The molecule has 0 N–H and O–H groups in total. The average Bonchev–Trinajstić information content (AvgIpc) is 1.72. The molecule has 0 fully saturated rings. The molecular formula is C59H54OS46. The van der Waals surface area contributed by atoms with Crippen LogP contribution in [-0.2, 0) is 0 Å². The maximum absolute atomic E-state index is 13.0. The highest BCUT2D eigenvalue weighted by Gasteiger charge is 2.35. The minimum atomic E-state index is 0.208. The Balaban J connectivity index is 0.543. The van der Waals surface area contributed by atoms with Gasteiger partial charge in [0.1, 0.15) is 0 Å². The van der Waals surface area contributed by atoms with Crippen molar-refractivity contribution in [2.45, 2.75) is 8.42 Å². The lowest BCUT2D eigenvalue weighted by Gasteiger charge is -2.06. The number of hydrogen-bond acceptors (Lipinski definition) is 47. The van der Waals surface area contributed by atoms with Gasteiger partial charge in [0, 0.05) is 69.0 Å². The molecule has 1 aromatic rings. The molecule has 572 valence electrons. The van der Waals surface area contributed by atoms with E-state index in [9.17, 15) is 4.79 Å². The third kappa shape index (κ3) is 27.8. The lowest BCUT2D eigenvalue weighted by molar-refractivity contribution is 1.46. The fourth-order valence-electron chi connectivity index (χ4n) is 7.95.